The van der Waals surface area contributed by atoms with Crippen LogP contribution in [0.1, 0.15) is 13.3 Å². The lowest BCUT2D eigenvalue weighted by Crippen LogP contribution is -2.13. The molecule has 3 heteroatoms. The Morgan fingerprint density at radius 1 is 1.88 bits per heavy atom. The van der Waals surface area contributed by atoms with Crippen molar-refractivity contribution in [3.63, 3.8) is 0 Å². The molecule has 46 valence electrons. The van der Waals surface area contributed by atoms with E-state index in [2.05, 4.69) is 5.32 Å². The van der Waals surface area contributed by atoms with Gasteiger partial charge in [0.15, 0.2) is 6.19 Å². The predicted octanol–water partition coefficient (Wildman–Crippen LogP) is -0.172. The first-order chi connectivity index (χ1) is 3.77. The average molecular weight is 114 g/mol. The van der Waals surface area contributed by atoms with E-state index in [9.17, 15) is 0 Å². The van der Waals surface area contributed by atoms with Crippen LogP contribution in [-0.2, 0) is 0 Å². The minimum absolute atomic E-state index is 0.309. The van der Waals surface area contributed by atoms with Gasteiger partial charge in [-0.3, -0.25) is 0 Å². The molecule has 8 heavy (non-hydrogen) atoms. The Morgan fingerprint density at radius 3 is 2.88 bits per heavy atom. The van der Waals surface area contributed by atoms with E-state index in [-0.39, 0.29) is 6.10 Å². The van der Waals surface area contributed by atoms with E-state index in [1.54, 1.807) is 13.1 Å². The summed E-state index contributed by atoms with van der Waals surface area (Å²) in [5.41, 5.74) is 0. The first-order valence-corrected chi connectivity index (χ1v) is 2.57. The number of aliphatic hydroxyl groups is 1. The zero-order chi connectivity index (χ0) is 6.41. The molecule has 0 aromatic heterocycles. The molecule has 0 bridgehead atoms. The number of rotatable bonds is 3. The zero-order valence-corrected chi connectivity index (χ0v) is 4.89. The molecule has 0 radical (unpaired) electrons. The van der Waals surface area contributed by atoms with Crippen LogP contribution in [0.3, 0.4) is 0 Å². The molecular weight excluding hydrogens is 104 g/mol. The minimum atomic E-state index is -0.309. The number of nitrogens with zero attached hydrogens (tertiary/aromatic N) is 1. The number of aliphatic hydroxyl groups excluding tert-OH is 1. The molecule has 2 N–H and O–H groups in total. The molecule has 0 rings (SSSR count). The Hall–Kier alpha value is -0.750. The van der Waals surface area contributed by atoms with E-state index in [4.69, 9.17) is 10.4 Å². The van der Waals surface area contributed by atoms with Crippen LogP contribution in [0.5, 0.6) is 0 Å². The van der Waals surface area contributed by atoms with E-state index >= 15 is 0 Å². The predicted molar refractivity (Wildman–Crippen MR) is 29.9 cm³/mol. The fourth-order valence-corrected chi connectivity index (χ4v) is 0.337. The number of hydrogen-bond donors (Lipinski definition) is 2. The smallest absolute Gasteiger partial charge is 0.176 e. The molecule has 1 atom stereocenters. The van der Waals surface area contributed by atoms with Crippen molar-refractivity contribution in [3.05, 3.63) is 0 Å². The molecular formula is C5H10N2O. The molecule has 3 nitrogen and oxygen atoms in total. The Labute approximate surface area is 48.9 Å². The van der Waals surface area contributed by atoms with Crippen molar-refractivity contribution in [2.45, 2.75) is 19.4 Å². The topological polar surface area (TPSA) is 56.0 Å². The normalized spacial score (nSPS) is 12.1. The van der Waals surface area contributed by atoms with Crippen molar-refractivity contribution in [2.75, 3.05) is 6.54 Å². The van der Waals surface area contributed by atoms with E-state index in [0.29, 0.717) is 13.0 Å². The number of nitrogens with one attached hydrogen (secondary N) is 1. The molecule has 0 amide bonds. The largest absolute Gasteiger partial charge is 0.393 e. The summed E-state index contributed by atoms with van der Waals surface area (Å²) in [5, 5.41) is 19.0. The van der Waals surface area contributed by atoms with E-state index < -0.39 is 0 Å². The van der Waals surface area contributed by atoms with Crippen LogP contribution in [0.15, 0.2) is 0 Å². The van der Waals surface area contributed by atoms with Gasteiger partial charge in [0.1, 0.15) is 0 Å². The third kappa shape index (κ3) is 5.25. The van der Waals surface area contributed by atoms with Crippen LogP contribution in [-0.4, -0.2) is 17.8 Å². The molecule has 0 aliphatic carbocycles. The van der Waals surface area contributed by atoms with Gasteiger partial charge in [-0.15, -0.1) is 0 Å². The first kappa shape index (κ1) is 7.25. The molecule has 0 heterocycles. The van der Waals surface area contributed by atoms with Crippen LogP contribution in [0.25, 0.3) is 0 Å². The van der Waals surface area contributed by atoms with Crippen LogP contribution >= 0.6 is 0 Å². The van der Waals surface area contributed by atoms with Crippen molar-refractivity contribution in [3.8, 4) is 6.19 Å². The lowest BCUT2D eigenvalue weighted by Gasteiger charge is -1.99. The standard InChI is InChI=1S/C5H10N2O/c1-5(8)2-3-7-4-6/h5,7-8H,2-3H2,1H3. The quantitative estimate of drug-likeness (QED) is 0.304. The lowest BCUT2D eigenvalue weighted by atomic mass is 10.3. The molecule has 1 unspecified atom stereocenters. The van der Waals surface area contributed by atoms with E-state index in [1.807, 2.05) is 0 Å². The van der Waals surface area contributed by atoms with Gasteiger partial charge < -0.3 is 10.4 Å². The van der Waals surface area contributed by atoms with Crippen molar-refractivity contribution < 1.29 is 5.11 Å². The average Bonchev–Trinajstić information content (AvgIpc) is 1.66. The van der Waals surface area contributed by atoms with Crippen molar-refractivity contribution in [1.29, 1.82) is 5.26 Å². The van der Waals surface area contributed by atoms with Gasteiger partial charge in [0.2, 0.25) is 0 Å². The van der Waals surface area contributed by atoms with Gasteiger partial charge in [0.25, 0.3) is 0 Å². The summed E-state index contributed by atoms with van der Waals surface area (Å²) in [6.07, 6.45) is 2.09. The summed E-state index contributed by atoms with van der Waals surface area (Å²) in [6, 6.07) is 0. The molecule has 0 saturated heterocycles. The van der Waals surface area contributed by atoms with Gasteiger partial charge in [-0.05, 0) is 13.3 Å². The second kappa shape index (κ2) is 4.41. The molecule has 0 aromatic rings. The third-order valence-corrected chi connectivity index (χ3v) is 0.766. The summed E-state index contributed by atoms with van der Waals surface area (Å²) in [4.78, 5) is 0. The van der Waals surface area contributed by atoms with Crippen molar-refractivity contribution >= 4 is 0 Å². The highest BCUT2D eigenvalue weighted by Crippen LogP contribution is 1.83. The summed E-state index contributed by atoms with van der Waals surface area (Å²) in [6.45, 7) is 2.26. The fourth-order valence-electron chi connectivity index (χ4n) is 0.337. The number of hydrogen-bond acceptors (Lipinski definition) is 3. The second-order valence-corrected chi connectivity index (χ2v) is 1.68. The molecule has 0 spiro atoms. The molecule has 0 saturated carbocycles. The highest BCUT2D eigenvalue weighted by molar-refractivity contribution is 4.64. The van der Waals surface area contributed by atoms with Crippen LogP contribution < -0.4 is 5.32 Å². The van der Waals surface area contributed by atoms with E-state index in [0.717, 1.165) is 0 Å². The van der Waals surface area contributed by atoms with Gasteiger partial charge in [-0.1, -0.05) is 0 Å². The summed E-state index contributed by atoms with van der Waals surface area (Å²) in [7, 11) is 0. The van der Waals surface area contributed by atoms with Crippen LogP contribution in [0, 0.1) is 11.5 Å². The van der Waals surface area contributed by atoms with Gasteiger partial charge in [-0.2, -0.15) is 5.26 Å². The van der Waals surface area contributed by atoms with E-state index in [1.165, 1.54) is 0 Å². The Bertz CT molecular complexity index is 84.9. The molecule has 0 aliphatic heterocycles. The maximum atomic E-state index is 8.63. The Balaban J connectivity index is 2.85. The van der Waals surface area contributed by atoms with Gasteiger partial charge in [-0.25, -0.2) is 0 Å². The molecule has 0 aromatic carbocycles. The summed E-state index contributed by atoms with van der Waals surface area (Å²) >= 11 is 0. The minimum Gasteiger partial charge on any atom is -0.393 e. The summed E-state index contributed by atoms with van der Waals surface area (Å²) in [5.74, 6) is 0. The van der Waals surface area contributed by atoms with Gasteiger partial charge >= 0.3 is 0 Å². The van der Waals surface area contributed by atoms with Gasteiger partial charge in [0, 0.05) is 6.54 Å². The summed E-state index contributed by atoms with van der Waals surface area (Å²) < 4.78 is 0. The highest BCUT2D eigenvalue weighted by Gasteiger charge is 1.91. The van der Waals surface area contributed by atoms with Crippen LogP contribution in [0.2, 0.25) is 0 Å². The first-order valence-electron chi connectivity index (χ1n) is 2.57. The van der Waals surface area contributed by atoms with Crippen molar-refractivity contribution in [2.24, 2.45) is 0 Å². The Morgan fingerprint density at radius 2 is 2.50 bits per heavy atom. The molecule has 0 aliphatic rings. The maximum Gasteiger partial charge on any atom is 0.176 e. The Kier molecular flexibility index (Phi) is 4.00. The van der Waals surface area contributed by atoms with Crippen LogP contribution in [0.4, 0.5) is 0 Å². The number of nitriles is 1. The SMILES string of the molecule is CC(O)CCNC#N. The lowest BCUT2D eigenvalue weighted by molar-refractivity contribution is 0.185. The maximum absolute atomic E-state index is 8.63. The van der Waals surface area contributed by atoms with Crippen molar-refractivity contribution in [1.82, 2.24) is 5.32 Å². The molecule has 0 fully saturated rings. The highest BCUT2D eigenvalue weighted by atomic mass is 16.3. The van der Waals surface area contributed by atoms with Gasteiger partial charge in [0.05, 0.1) is 6.10 Å². The monoisotopic (exact) mass is 114 g/mol. The third-order valence-electron chi connectivity index (χ3n) is 0.766. The fraction of sp³-hybridized carbons (Fsp3) is 0.800. The second-order valence-electron chi connectivity index (χ2n) is 1.68. The zero-order valence-electron chi connectivity index (χ0n) is 4.89.